The molecule has 0 amide bonds. The lowest BCUT2D eigenvalue weighted by Crippen LogP contribution is -2.21. The molecule has 0 saturated carbocycles. The molecular weight excluding hydrogens is 258 g/mol. The molecule has 0 aliphatic heterocycles. The van der Waals surface area contributed by atoms with Crippen LogP contribution in [0.4, 0.5) is 0 Å². The maximum atomic E-state index is 4.54. The van der Waals surface area contributed by atoms with Gasteiger partial charge in [-0.25, -0.2) is 0 Å². The van der Waals surface area contributed by atoms with Gasteiger partial charge in [0.15, 0.2) is 0 Å². The molecule has 0 atom stereocenters. The molecule has 1 aromatic carbocycles. The smallest absolute Gasteiger partial charge is 0.0550 e. The summed E-state index contributed by atoms with van der Waals surface area (Å²) in [6.07, 6.45) is 4.77. The molecule has 0 spiro atoms. The molecule has 2 aromatic heterocycles. The zero-order valence-corrected chi connectivity index (χ0v) is 12.2. The van der Waals surface area contributed by atoms with E-state index in [9.17, 15) is 0 Å². The molecule has 3 heteroatoms. The van der Waals surface area contributed by atoms with Crippen molar-refractivity contribution in [1.82, 2.24) is 14.9 Å². The summed E-state index contributed by atoms with van der Waals surface area (Å²) in [4.78, 5) is 11.2. The minimum absolute atomic E-state index is 0.859. The molecule has 0 unspecified atom stereocenters. The van der Waals surface area contributed by atoms with Crippen LogP contribution < -0.4 is 0 Å². The number of hydrogen-bond acceptors (Lipinski definition) is 3. The molecule has 0 aliphatic rings. The Labute approximate surface area is 125 Å². The number of benzene rings is 1. The standard InChI is InChI=1S/C18H19N3/c1-21(11-9-17-8-4-5-10-19-17)14-18-12-15-6-2-3-7-16(15)13-20-18/h2-8,10,12-13H,9,11,14H2,1H3. The van der Waals surface area contributed by atoms with Gasteiger partial charge in [0.05, 0.1) is 5.69 Å². The summed E-state index contributed by atoms with van der Waals surface area (Å²) < 4.78 is 0. The van der Waals surface area contributed by atoms with E-state index in [-0.39, 0.29) is 0 Å². The number of likely N-dealkylation sites (N-methyl/N-ethyl adjacent to an activating group) is 1. The van der Waals surface area contributed by atoms with Crippen LogP contribution in [0.15, 0.2) is 60.9 Å². The molecule has 0 radical (unpaired) electrons. The van der Waals surface area contributed by atoms with Gasteiger partial charge in [-0.1, -0.05) is 30.3 Å². The van der Waals surface area contributed by atoms with E-state index in [0.29, 0.717) is 0 Å². The highest BCUT2D eigenvalue weighted by Gasteiger charge is 2.04. The van der Waals surface area contributed by atoms with Crippen LogP contribution in [0.5, 0.6) is 0 Å². The lowest BCUT2D eigenvalue weighted by molar-refractivity contribution is 0.326. The maximum absolute atomic E-state index is 4.54. The average Bonchev–Trinajstić information content (AvgIpc) is 2.54. The molecule has 106 valence electrons. The highest BCUT2D eigenvalue weighted by Crippen LogP contribution is 2.14. The first-order valence-electron chi connectivity index (χ1n) is 7.23. The molecule has 0 saturated heterocycles. The monoisotopic (exact) mass is 277 g/mol. The number of nitrogens with zero attached hydrogens (tertiary/aromatic N) is 3. The Balaban J connectivity index is 1.62. The van der Waals surface area contributed by atoms with Crippen LogP contribution >= 0.6 is 0 Å². The molecule has 2 heterocycles. The van der Waals surface area contributed by atoms with E-state index in [1.54, 1.807) is 0 Å². The lowest BCUT2D eigenvalue weighted by atomic mass is 10.1. The zero-order chi connectivity index (χ0) is 14.5. The summed E-state index contributed by atoms with van der Waals surface area (Å²) in [5.74, 6) is 0. The van der Waals surface area contributed by atoms with Gasteiger partial charge in [0.2, 0.25) is 0 Å². The molecule has 0 bridgehead atoms. The van der Waals surface area contributed by atoms with E-state index < -0.39 is 0 Å². The third-order valence-electron chi connectivity index (χ3n) is 3.60. The number of fused-ring (bicyclic) bond motifs is 1. The predicted octanol–water partition coefficient (Wildman–Crippen LogP) is 3.30. The Kier molecular flexibility index (Phi) is 4.22. The maximum Gasteiger partial charge on any atom is 0.0550 e. The second kappa shape index (κ2) is 6.46. The number of rotatable bonds is 5. The van der Waals surface area contributed by atoms with Crippen molar-refractivity contribution in [2.75, 3.05) is 13.6 Å². The summed E-state index contributed by atoms with van der Waals surface area (Å²) >= 11 is 0. The van der Waals surface area contributed by atoms with E-state index in [1.807, 2.05) is 30.6 Å². The van der Waals surface area contributed by atoms with Gasteiger partial charge in [-0.15, -0.1) is 0 Å². The van der Waals surface area contributed by atoms with Gasteiger partial charge in [0.25, 0.3) is 0 Å². The van der Waals surface area contributed by atoms with E-state index in [1.165, 1.54) is 10.8 Å². The summed E-state index contributed by atoms with van der Waals surface area (Å²) in [7, 11) is 2.12. The molecule has 0 N–H and O–H groups in total. The normalized spacial score (nSPS) is 11.1. The van der Waals surface area contributed by atoms with Crippen molar-refractivity contribution in [3.63, 3.8) is 0 Å². The van der Waals surface area contributed by atoms with Crippen LogP contribution in [-0.2, 0) is 13.0 Å². The number of pyridine rings is 2. The van der Waals surface area contributed by atoms with Gasteiger partial charge < -0.3 is 4.90 Å². The largest absolute Gasteiger partial charge is 0.300 e. The summed E-state index contributed by atoms with van der Waals surface area (Å²) in [6.45, 7) is 1.84. The van der Waals surface area contributed by atoms with Crippen molar-refractivity contribution in [1.29, 1.82) is 0 Å². The van der Waals surface area contributed by atoms with Crippen LogP contribution in [0.25, 0.3) is 10.8 Å². The quantitative estimate of drug-likeness (QED) is 0.716. The SMILES string of the molecule is CN(CCc1ccccn1)Cc1cc2ccccc2cn1. The Morgan fingerprint density at radius 3 is 2.52 bits per heavy atom. The van der Waals surface area contributed by atoms with Crippen molar-refractivity contribution in [3.05, 3.63) is 72.3 Å². The first kappa shape index (κ1) is 13.7. The van der Waals surface area contributed by atoms with Gasteiger partial charge in [-0.3, -0.25) is 9.97 Å². The molecule has 0 aliphatic carbocycles. The van der Waals surface area contributed by atoms with Crippen LogP contribution in [0.2, 0.25) is 0 Å². The van der Waals surface area contributed by atoms with Crippen molar-refractivity contribution in [3.8, 4) is 0 Å². The van der Waals surface area contributed by atoms with Crippen LogP contribution in [0.1, 0.15) is 11.4 Å². The van der Waals surface area contributed by atoms with Crippen molar-refractivity contribution >= 4 is 10.8 Å². The second-order valence-electron chi connectivity index (χ2n) is 5.33. The van der Waals surface area contributed by atoms with Gasteiger partial charge in [0, 0.05) is 43.0 Å². The summed E-state index contributed by atoms with van der Waals surface area (Å²) in [6, 6.07) is 16.6. The molecule has 21 heavy (non-hydrogen) atoms. The van der Waals surface area contributed by atoms with Gasteiger partial charge in [0.1, 0.15) is 0 Å². The molecule has 0 fully saturated rings. The van der Waals surface area contributed by atoms with Crippen molar-refractivity contribution in [2.24, 2.45) is 0 Å². The van der Waals surface area contributed by atoms with E-state index in [0.717, 1.165) is 30.9 Å². The summed E-state index contributed by atoms with van der Waals surface area (Å²) in [5.41, 5.74) is 2.24. The minimum Gasteiger partial charge on any atom is -0.300 e. The molecule has 3 aromatic rings. The van der Waals surface area contributed by atoms with E-state index >= 15 is 0 Å². The molecular formula is C18H19N3. The third-order valence-corrected chi connectivity index (χ3v) is 3.60. The summed E-state index contributed by atoms with van der Waals surface area (Å²) in [5, 5.41) is 2.44. The third kappa shape index (κ3) is 3.64. The fraction of sp³-hybridized carbons (Fsp3) is 0.222. The molecule has 3 rings (SSSR count). The highest BCUT2D eigenvalue weighted by atomic mass is 15.1. The van der Waals surface area contributed by atoms with Gasteiger partial charge in [-0.2, -0.15) is 0 Å². The Morgan fingerprint density at radius 1 is 0.905 bits per heavy atom. The van der Waals surface area contributed by atoms with E-state index in [2.05, 4.69) is 52.2 Å². The number of aromatic nitrogens is 2. The van der Waals surface area contributed by atoms with Gasteiger partial charge in [-0.05, 0) is 30.6 Å². The highest BCUT2D eigenvalue weighted by molar-refractivity contribution is 5.81. The first-order valence-corrected chi connectivity index (χ1v) is 7.23. The number of hydrogen-bond donors (Lipinski definition) is 0. The van der Waals surface area contributed by atoms with Crippen LogP contribution in [-0.4, -0.2) is 28.5 Å². The fourth-order valence-electron chi connectivity index (χ4n) is 2.42. The Hall–Kier alpha value is -2.26. The average molecular weight is 277 g/mol. The lowest BCUT2D eigenvalue weighted by Gasteiger charge is -2.16. The Bertz CT molecular complexity index is 710. The van der Waals surface area contributed by atoms with E-state index in [4.69, 9.17) is 0 Å². The van der Waals surface area contributed by atoms with Crippen LogP contribution in [0.3, 0.4) is 0 Å². The predicted molar refractivity (Wildman–Crippen MR) is 86.0 cm³/mol. The topological polar surface area (TPSA) is 29.0 Å². The Morgan fingerprint density at radius 2 is 1.71 bits per heavy atom. The zero-order valence-electron chi connectivity index (χ0n) is 12.2. The van der Waals surface area contributed by atoms with Crippen LogP contribution in [0, 0.1) is 0 Å². The van der Waals surface area contributed by atoms with Crippen molar-refractivity contribution < 1.29 is 0 Å². The molecule has 3 nitrogen and oxygen atoms in total. The minimum atomic E-state index is 0.859. The first-order chi connectivity index (χ1) is 10.3. The second-order valence-corrected chi connectivity index (χ2v) is 5.33. The fourth-order valence-corrected chi connectivity index (χ4v) is 2.42. The van der Waals surface area contributed by atoms with Crippen molar-refractivity contribution in [2.45, 2.75) is 13.0 Å². The van der Waals surface area contributed by atoms with Gasteiger partial charge >= 0.3 is 0 Å².